The molecule has 0 bridgehead atoms. The molecule has 1 aromatic carbocycles. The third-order valence-electron chi connectivity index (χ3n) is 4.01. The summed E-state index contributed by atoms with van der Waals surface area (Å²) < 4.78 is 1.87. The average molecular weight is 281 g/mol. The maximum atomic E-state index is 5.77. The Labute approximate surface area is 123 Å². The monoisotopic (exact) mass is 281 g/mol. The van der Waals surface area contributed by atoms with Crippen LogP contribution >= 0.6 is 0 Å². The zero-order chi connectivity index (χ0) is 14.8. The Balaban J connectivity index is 1.98. The van der Waals surface area contributed by atoms with Gasteiger partial charge >= 0.3 is 0 Å². The van der Waals surface area contributed by atoms with E-state index in [1.165, 1.54) is 10.9 Å². The van der Waals surface area contributed by atoms with Gasteiger partial charge in [-0.3, -0.25) is 20.9 Å². The molecule has 1 unspecified atom stereocenters. The van der Waals surface area contributed by atoms with Crippen LogP contribution in [0.2, 0.25) is 0 Å². The van der Waals surface area contributed by atoms with Gasteiger partial charge in [-0.1, -0.05) is 18.2 Å². The molecule has 0 amide bonds. The van der Waals surface area contributed by atoms with Crippen LogP contribution in [0.15, 0.2) is 42.7 Å². The van der Waals surface area contributed by atoms with Gasteiger partial charge in [-0.2, -0.15) is 5.10 Å². The number of rotatable bonds is 4. The molecule has 0 saturated carbocycles. The van der Waals surface area contributed by atoms with Crippen LogP contribution in [0.3, 0.4) is 0 Å². The summed E-state index contributed by atoms with van der Waals surface area (Å²) >= 11 is 0. The molecule has 1 atom stereocenters. The van der Waals surface area contributed by atoms with Crippen LogP contribution in [0, 0.1) is 6.92 Å². The van der Waals surface area contributed by atoms with E-state index in [2.05, 4.69) is 34.6 Å². The van der Waals surface area contributed by atoms with Crippen LogP contribution < -0.4 is 11.3 Å². The lowest BCUT2D eigenvalue weighted by atomic mass is 9.97. The second-order valence-electron chi connectivity index (χ2n) is 5.22. The Bertz CT molecular complexity index is 757. The number of para-hydroxylation sites is 1. The van der Waals surface area contributed by atoms with Crippen molar-refractivity contribution in [3.05, 3.63) is 59.5 Å². The van der Waals surface area contributed by atoms with Gasteiger partial charge in [0.2, 0.25) is 0 Å². The number of aryl methyl sites for hydroxylation is 1. The predicted molar refractivity (Wildman–Crippen MR) is 83.5 cm³/mol. The number of hydrogen-bond acceptors (Lipinski definition) is 4. The number of nitrogens with one attached hydrogen (secondary N) is 1. The van der Waals surface area contributed by atoms with Crippen molar-refractivity contribution in [1.29, 1.82) is 0 Å². The molecule has 0 aliphatic carbocycles. The highest BCUT2D eigenvalue weighted by atomic mass is 15.3. The van der Waals surface area contributed by atoms with Crippen molar-refractivity contribution < 1.29 is 0 Å². The minimum Gasteiger partial charge on any atom is -0.273 e. The lowest BCUT2D eigenvalue weighted by Crippen LogP contribution is -2.30. The third-order valence-corrected chi connectivity index (χ3v) is 4.01. The van der Waals surface area contributed by atoms with E-state index < -0.39 is 0 Å². The van der Waals surface area contributed by atoms with E-state index in [4.69, 9.17) is 5.84 Å². The molecule has 0 fully saturated rings. The molecule has 3 aromatic rings. The molecular weight excluding hydrogens is 262 g/mol. The van der Waals surface area contributed by atoms with Gasteiger partial charge in [0.25, 0.3) is 0 Å². The first-order chi connectivity index (χ1) is 10.2. The average Bonchev–Trinajstić information content (AvgIpc) is 2.85. The van der Waals surface area contributed by atoms with Crippen molar-refractivity contribution in [2.24, 2.45) is 12.9 Å². The van der Waals surface area contributed by atoms with Gasteiger partial charge in [0.1, 0.15) is 0 Å². The number of nitrogens with two attached hydrogens (primary N) is 1. The summed E-state index contributed by atoms with van der Waals surface area (Å²) in [5.74, 6) is 5.77. The summed E-state index contributed by atoms with van der Waals surface area (Å²) in [6.07, 6.45) is 4.52. The van der Waals surface area contributed by atoms with Crippen LogP contribution in [-0.2, 0) is 13.5 Å². The molecule has 5 heteroatoms. The molecule has 0 spiro atoms. The minimum absolute atomic E-state index is 0.0320. The first kappa shape index (κ1) is 13.7. The van der Waals surface area contributed by atoms with Crippen molar-refractivity contribution in [2.45, 2.75) is 19.4 Å². The van der Waals surface area contributed by atoms with Gasteiger partial charge in [0, 0.05) is 29.9 Å². The summed E-state index contributed by atoms with van der Waals surface area (Å²) in [7, 11) is 1.94. The summed E-state index contributed by atoms with van der Waals surface area (Å²) in [6, 6.07) is 10.2. The van der Waals surface area contributed by atoms with Crippen molar-refractivity contribution in [1.82, 2.24) is 20.2 Å². The van der Waals surface area contributed by atoms with E-state index >= 15 is 0 Å². The van der Waals surface area contributed by atoms with Crippen LogP contribution in [0.4, 0.5) is 0 Å². The van der Waals surface area contributed by atoms with Crippen LogP contribution in [-0.4, -0.2) is 14.8 Å². The quantitative estimate of drug-likeness (QED) is 0.567. The lowest BCUT2D eigenvalue weighted by molar-refractivity contribution is 0.549. The van der Waals surface area contributed by atoms with Gasteiger partial charge in [-0.05, 0) is 31.0 Å². The largest absolute Gasteiger partial charge is 0.273 e. The van der Waals surface area contributed by atoms with Crippen molar-refractivity contribution in [3.8, 4) is 0 Å². The fourth-order valence-electron chi connectivity index (χ4n) is 2.67. The zero-order valence-corrected chi connectivity index (χ0v) is 12.2. The molecule has 5 nitrogen and oxygen atoms in total. The van der Waals surface area contributed by atoms with E-state index in [9.17, 15) is 0 Å². The number of nitrogens with zero attached hydrogens (tertiary/aromatic N) is 3. The highest BCUT2D eigenvalue weighted by Crippen LogP contribution is 2.24. The molecular formula is C16H19N5. The summed E-state index contributed by atoms with van der Waals surface area (Å²) in [6.45, 7) is 2.05. The first-order valence-electron chi connectivity index (χ1n) is 6.98. The molecule has 2 aromatic heterocycles. The summed E-state index contributed by atoms with van der Waals surface area (Å²) in [5.41, 5.74) is 7.40. The topological polar surface area (TPSA) is 68.8 Å². The number of hydrazine groups is 1. The number of hydrogen-bond donors (Lipinski definition) is 2. The van der Waals surface area contributed by atoms with E-state index in [0.717, 1.165) is 23.2 Å². The lowest BCUT2D eigenvalue weighted by Gasteiger charge is -2.17. The Kier molecular flexibility index (Phi) is 3.68. The third kappa shape index (κ3) is 2.53. The molecule has 0 aliphatic heterocycles. The second kappa shape index (κ2) is 5.63. The summed E-state index contributed by atoms with van der Waals surface area (Å²) in [5, 5.41) is 5.47. The molecule has 0 radical (unpaired) electrons. The molecule has 3 N–H and O–H groups in total. The Morgan fingerprint density at radius 2 is 2.10 bits per heavy atom. The smallest absolute Gasteiger partial charge is 0.0704 e. The standard InChI is InChI=1S/C16H19N5/c1-11-14(10-19-21(11)2)16(20-17)9-12-7-8-18-15-6-4-3-5-13(12)15/h3-8,10,16,20H,9,17H2,1-2H3. The van der Waals surface area contributed by atoms with Crippen molar-refractivity contribution >= 4 is 10.9 Å². The van der Waals surface area contributed by atoms with Gasteiger partial charge in [-0.25, -0.2) is 0 Å². The van der Waals surface area contributed by atoms with Crippen molar-refractivity contribution in [2.75, 3.05) is 0 Å². The zero-order valence-electron chi connectivity index (χ0n) is 12.2. The minimum atomic E-state index is 0.0320. The summed E-state index contributed by atoms with van der Waals surface area (Å²) in [4.78, 5) is 4.40. The van der Waals surface area contributed by atoms with E-state index in [1.54, 1.807) is 0 Å². The molecule has 2 heterocycles. The molecule has 3 rings (SSSR count). The Morgan fingerprint density at radius 1 is 1.29 bits per heavy atom. The maximum absolute atomic E-state index is 5.77. The fourth-order valence-corrected chi connectivity index (χ4v) is 2.67. The van der Waals surface area contributed by atoms with Crippen LogP contribution in [0.5, 0.6) is 0 Å². The molecule has 0 saturated heterocycles. The molecule has 21 heavy (non-hydrogen) atoms. The van der Waals surface area contributed by atoms with Crippen LogP contribution in [0.25, 0.3) is 10.9 Å². The SMILES string of the molecule is Cc1c(C(Cc2ccnc3ccccc23)NN)cnn1C. The van der Waals surface area contributed by atoms with Gasteiger partial charge in [0.15, 0.2) is 0 Å². The first-order valence-corrected chi connectivity index (χ1v) is 6.98. The number of fused-ring (bicyclic) bond motifs is 1. The van der Waals surface area contributed by atoms with E-state index in [0.29, 0.717) is 0 Å². The fraction of sp³-hybridized carbons (Fsp3) is 0.250. The van der Waals surface area contributed by atoms with Crippen molar-refractivity contribution in [3.63, 3.8) is 0 Å². The number of aromatic nitrogens is 3. The molecule has 108 valence electrons. The highest BCUT2D eigenvalue weighted by Gasteiger charge is 2.17. The van der Waals surface area contributed by atoms with Gasteiger partial charge in [-0.15, -0.1) is 0 Å². The van der Waals surface area contributed by atoms with E-state index in [1.807, 2.05) is 42.3 Å². The van der Waals surface area contributed by atoms with Crippen LogP contribution in [0.1, 0.15) is 22.9 Å². The van der Waals surface area contributed by atoms with Gasteiger partial charge in [0.05, 0.1) is 17.8 Å². The van der Waals surface area contributed by atoms with Gasteiger partial charge < -0.3 is 0 Å². The number of benzene rings is 1. The second-order valence-corrected chi connectivity index (χ2v) is 5.22. The predicted octanol–water partition coefficient (Wildman–Crippen LogP) is 2.02. The number of pyridine rings is 1. The van der Waals surface area contributed by atoms with E-state index in [-0.39, 0.29) is 6.04 Å². The Hall–Kier alpha value is -2.24. The molecule has 0 aliphatic rings. The maximum Gasteiger partial charge on any atom is 0.0704 e. The highest BCUT2D eigenvalue weighted by molar-refractivity contribution is 5.81. The normalized spacial score (nSPS) is 12.7. The Morgan fingerprint density at radius 3 is 2.81 bits per heavy atom.